The highest BCUT2D eigenvalue weighted by Gasteiger charge is 2.19. The smallest absolute Gasteiger partial charge is 0.219 e. The number of methoxy groups -OCH3 is 1. The van der Waals surface area contributed by atoms with E-state index in [-0.39, 0.29) is 5.91 Å². The molecule has 0 unspecified atom stereocenters. The minimum atomic E-state index is 0.139. The third-order valence-corrected chi connectivity index (χ3v) is 5.93. The zero-order valence-corrected chi connectivity index (χ0v) is 18.0. The van der Waals surface area contributed by atoms with Gasteiger partial charge < -0.3 is 19.9 Å². The van der Waals surface area contributed by atoms with E-state index in [1.54, 1.807) is 25.4 Å². The van der Waals surface area contributed by atoms with Crippen LogP contribution in [0.15, 0.2) is 48.0 Å². The standard InChI is InChI=1S/C22H25N5O2S/c1-16(28)26-9-11-27(12-10-26)18-7-8-21(23-13-18)25-22-24-20(15-30-22)19-6-4-3-5-17(19)14-29-2/h3-8,13,15H,9-12,14H2,1-2H3,(H,23,24,25). The van der Waals surface area contributed by atoms with Crippen molar-refractivity contribution < 1.29 is 9.53 Å². The molecule has 1 fully saturated rings. The maximum atomic E-state index is 11.5. The summed E-state index contributed by atoms with van der Waals surface area (Å²) in [6.07, 6.45) is 1.87. The van der Waals surface area contributed by atoms with Gasteiger partial charge in [-0.25, -0.2) is 9.97 Å². The molecular formula is C22H25N5O2S. The SMILES string of the molecule is COCc1ccccc1-c1csc(Nc2ccc(N3CCN(C(C)=O)CC3)cn2)n1. The molecule has 1 saturated heterocycles. The van der Waals surface area contributed by atoms with Crippen molar-refractivity contribution in [1.29, 1.82) is 0 Å². The van der Waals surface area contributed by atoms with E-state index in [9.17, 15) is 4.79 Å². The van der Waals surface area contributed by atoms with Gasteiger partial charge in [-0.2, -0.15) is 0 Å². The molecule has 0 radical (unpaired) electrons. The van der Waals surface area contributed by atoms with Crippen molar-refractivity contribution >= 4 is 33.9 Å². The predicted octanol–water partition coefficient (Wildman–Crippen LogP) is 3.76. The first kappa shape index (κ1) is 20.3. The highest BCUT2D eigenvalue weighted by atomic mass is 32.1. The molecule has 4 rings (SSSR count). The van der Waals surface area contributed by atoms with E-state index < -0.39 is 0 Å². The fourth-order valence-corrected chi connectivity index (χ4v) is 4.26. The number of benzene rings is 1. The fourth-order valence-electron chi connectivity index (χ4n) is 3.54. The van der Waals surface area contributed by atoms with E-state index in [1.807, 2.05) is 34.7 Å². The van der Waals surface area contributed by atoms with Crippen LogP contribution in [0.4, 0.5) is 16.6 Å². The van der Waals surface area contributed by atoms with Gasteiger partial charge in [-0.3, -0.25) is 4.79 Å². The van der Waals surface area contributed by atoms with Gasteiger partial charge in [0.2, 0.25) is 5.91 Å². The van der Waals surface area contributed by atoms with Crippen molar-refractivity contribution in [3.8, 4) is 11.3 Å². The Labute approximate surface area is 180 Å². The summed E-state index contributed by atoms with van der Waals surface area (Å²) >= 11 is 1.55. The highest BCUT2D eigenvalue weighted by molar-refractivity contribution is 7.14. The molecule has 0 spiro atoms. The number of hydrogen-bond acceptors (Lipinski definition) is 7. The van der Waals surface area contributed by atoms with Gasteiger partial charge in [0.15, 0.2) is 5.13 Å². The largest absolute Gasteiger partial charge is 0.380 e. The zero-order chi connectivity index (χ0) is 20.9. The first-order valence-corrected chi connectivity index (χ1v) is 10.8. The number of rotatable bonds is 6. The average Bonchev–Trinajstić information content (AvgIpc) is 3.23. The molecule has 1 aromatic carbocycles. The number of aromatic nitrogens is 2. The van der Waals surface area contributed by atoms with E-state index >= 15 is 0 Å². The molecule has 3 aromatic rings. The summed E-state index contributed by atoms with van der Waals surface area (Å²) in [5.41, 5.74) is 4.19. The fraction of sp³-hybridized carbons (Fsp3) is 0.318. The van der Waals surface area contributed by atoms with Gasteiger partial charge in [-0.1, -0.05) is 24.3 Å². The Morgan fingerprint density at radius 3 is 2.67 bits per heavy atom. The average molecular weight is 424 g/mol. The minimum absolute atomic E-state index is 0.139. The molecule has 7 nitrogen and oxygen atoms in total. The number of pyridine rings is 1. The molecule has 0 bridgehead atoms. The molecule has 1 amide bonds. The van der Waals surface area contributed by atoms with Crippen LogP contribution in [0.5, 0.6) is 0 Å². The first-order valence-electron chi connectivity index (χ1n) is 9.90. The van der Waals surface area contributed by atoms with E-state index in [0.717, 1.165) is 59.6 Å². The maximum absolute atomic E-state index is 11.5. The topological polar surface area (TPSA) is 70.6 Å². The van der Waals surface area contributed by atoms with Crippen LogP contribution in [0.2, 0.25) is 0 Å². The van der Waals surface area contributed by atoms with Crippen molar-refractivity contribution in [3.63, 3.8) is 0 Å². The number of nitrogens with zero attached hydrogens (tertiary/aromatic N) is 4. The molecule has 3 heterocycles. The number of amides is 1. The van der Waals surface area contributed by atoms with Crippen LogP contribution in [0.3, 0.4) is 0 Å². The Morgan fingerprint density at radius 2 is 1.97 bits per heavy atom. The van der Waals surface area contributed by atoms with Crippen LogP contribution in [0, 0.1) is 0 Å². The molecule has 1 aliphatic heterocycles. The summed E-state index contributed by atoms with van der Waals surface area (Å²) in [6, 6.07) is 12.2. The van der Waals surface area contributed by atoms with Crippen LogP contribution >= 0.6 is 11.3 Å². The third kappa shape index (κ3) is 4.60. The minimum Gasteiger partial charge on any atom is -0.380 e. The molecule has 0 aliphatic carbocycles. The number of anilines is 3. The van der Waals surface area contributed by atoms with Crippen molar-refractivity contribution in [1.82, 2.24) is 14.9 Å². The van der Waals surface area contributed by atoms with E-state index in [4.69, 9.17) is 9.72 Å². The second-order valence-electron chi connectivity index (χ2n) is 7.15. The summed E-state index contributed by atoms with van der Waals surface area (Å²) in [6.45, 7) is 5.33. The number of ether oxygens (including phenoxy) is 1. The van der Waals surface area contributed by atoms with Gasteiger partial charge in [-0.15, -0.1) is 11.3 Å². The number of hydrogen-bond donors (Lipinski definition) is 1. The monoisotopic (exact) mass is 423 g/mol. The predicted molar refractivity (Wildman–Crippen MR) is 120 cm³/mol. The Kier molecular flexibility index (Phi) is 6.25. The molecule has 30 heavy (non-hydrogen) atoms. The molecule has 0 saturated carbocycles. The summed E-state index contributed by atoms with van der Waals surface area (Å²) < 4.78 is 5.30. The second kappa shape index (κ2) is 9.23. The van der Waals surface area contributed by atoms with Gasteiger partial charge in [0.25, 0.3) is 0 Å². The molecule has 0 atom stereocenters. The molecule has 156 valence electrons. The quantitative estimate of drug-likeness (QED) is 0.651. The van der Waals surface area contributed by atoms with Crippen molar-refractivity contribution in [3.05, 3.63) is 53.5 Å². The van der Waals surface area contributed by atoms with Crippen molar-refractivity contribution in [2.24, 2.45) is 0 Å². The normalized spacial score (nSPS) is 14.1. The van der Waals surface area contributed by atoms with Crippen LogP contribution in [0.25, 0.3) is 11.3 Å². The summed E-state index contributed by atoms with van der Waals surface area (Å²) in [4.78, 5) is 24.9. The zero-order valence-electron chi connectivity index (χ0n) is 17.2. The Hall–Kier alpha value is -2.97. The maximum Gasteiger partial charge on any atom is 0.219 e. The summed E-state index contributed by atoms with van der Waals surface area (Å²) in [5, 5.41) is 6.13. The number of carbonyl (C=O) groups is 1. The van der Waals surface area contributed by atoms with E-state index in [1.165, 1.54) is 0 Å². The second-order valence-corrected chi connectivity index (χ2v) is 8.01. The van der Waals surface area contributed by atoms with Gasteiger partial charge in [0, 0.05) is 51.2 Å². The third-order valence-electron chi connectivity index (χ3n) is 5.17. The van der Waals surface area contributed by atoms with Crippen LogP contribution in [-0.2, 0) is 16.1 Å². The van der Waals surface area contributed by atoms with Crippen LogP contribution in [-0.4, -0.2) is 54.1 Å². The van der Waals surface area contributed by atoms with Crippen molar-refractivity contribution in [2.45, 2.75) is 13.5 Å². The lowest BCUT2D eigenvalue weighted by molar-refractivity contribution is -0.129. The van der Waals surface area contributed by atoms with Crippen LogP contribution < -0.4 is 10.2 Å². The first-order chi connectivity index (χ1) is 14.6. The molecule has 1 N–H and O–H groups in total. The number of thiazole rings is 1. The number of carbonyl (C=O) groups excluding carboxylic acids is 1. The molecule has 8 heteroatoms. The highest BCUT2D eigenvalue weighted by Crippen LogP contribution is 2.29. The van der Waals surface area contributed by atoms with Gasteiger partial charge in [0.05, 0.1) is 24.2 Å². The molecular weight excluding hydrogens is 398 g/mol. The Bertz CT molecular complexity index is 997. The van der Waals surface area contributed by atoms with Gasteiger partial charge in [-0.05, 0) is 17.7 Å². The van der Waals surface area contributed by atoms with E-state index in [0.29, 0.717) is 6.61 Å². The summed E-state index contributed by atoms with van der Waals surface area (Å²) in [7, 11) is 1.70. The van der Waals surface area contributed by atoms with E-state index in [2.05, 4.69) is 33.4 Å². The Morgan fingerprint density at radius 1 is 1.17 bits per heavy atom. The van der Waals surface area contributed by atoms with Gasteiger partial charge >= 0.3 is 0 Å². The van der Waals surface area contributed by atoms with Crippen LogP contribution in [0.1, 0.15) is 12.5 Å². The summed E-state index contributed by atoms with van der Waals surface area (Å²) in [5.74, 6) is 0.896. The number of nitrogens with one attached hydrogen (secondary N) is 1. The molecule has 2 aromatic heterocycles. The van der Waals surface area contributed by atoms with Crippen molar-refractivity contribution in [2.75, 3.05) is 43.5 Å². The molecule has 1 aliphatic rings. The lowest BCUT2D eigenvalue weighted by Gasteiger charge is -2.35. The number of piperazine rings is 1. The lowest BCUT2D eigenvalue weighted by atomic mass is 10.1. The Balaban J connectivity index is 1.41. The van der Waals surface area contributed by atoms with Gasteiger partial charge in [0.1, 0.15) is 5.82 Å². The lowest BCUT2D eigenvalue weighted by Crippen LogP contribution is -2.48.